The summed E-state index contributed by atoms with van der Waals surface area (Å²) in [5.41, 5.74) is 6.18. The fourth-order valence-electron chi connectivity index (χ4n) is 4.58. The van der Waals surface area contributed by atoms with Gasteiger partial charge in [-0.05, 0) is 123 Å². The van der Waals surface area contributed by atoms with Crippen LogP contribution in [-0.4, -0.2) is 49.6 Å². The van der Waals surface area contributed by atoms with Gasteiger partial charge in [-0.2, -0.15) is 0 Å². The molecule has 0 fully saturated rings. The summed E-state index contributed by atoms with van der Waals surface area (Å²) >= 11 is 0. The van der Waals surface area contributed by atoms with E-state index in [0.717, 1.165) is 33.6 Å². The second-order valence-electron chi connectivity index (χ2n) is 10.7. The number of carbonyl (C=O) groups is 2. The number of rotatable bonds is 13. The van der Waals surface area contributed by atoms with Crippen molar-refractivity contribution < 1.29 is 29.3 Å². The Morgan fingerprint density at radius 1 is 0.750 bits per heavy atom. The number of methoxy groups -OCH3 is 1. The molecule has 0 amide bonds. The minimum atomic E-state index is -0.0900. The summed E-state index contributed by atoms with van der Waals surface area (Å²) in [6, 6.07) is 21.3. The van der Waals surface area contributed by atoms with Crippen LogP contribution in [-0.2, 0) is 6.42 Å². The number of aromatic hydroxyl groups is 2. The molecule has 4 aromatic rings. The molecular formula is C40H44N2O6. The van der Waals surface area contributed by atoms with Crippen LogP contribution in [0.1, 0.15) is 56.8 Å². The average molecular weight is 649 g/mol. The Labute approximate surface area is 283 Å². The summed E-state index contributed by atoms with van der Waals surface area (Å²) < 4.78 is 10.8. The third-order valence-corrected chi connectivity index (χ3v) is 7.38. The zero-order valence-electron chi connectivity index (χ0n) is 28.3. The van der Waals surface area contributed by atoms with Crippen LogP contribution in [0, 0.1) is 6.92 Å². The molecule has 0 unspecified atom stereocenters. The maximum Gasteiger partial charge on any atom is 0.185 e. The molecule has 0 spiro atoms. The van der Waals surface area contributed by atoms with E-state index in [-0.39, 0.29) is 23.1 Å². The summed E-state index contributed by atoms with van der Waals surface area (Å²) in [5, 5.41) is 25.9. The molecule has 0 heterocycles. The van der Waals surface area contributed by atoms with Gasteiger partial charge in [0.25, 0.3) is 0 Å². The first-order chi connectivity index (χ1) is 23.1. The summed E-state index contributed by atoms with van der Waals surface area (Å²) in [5.74, 6) is 1.27. The van der Waals surface area contributed by atoms with E-state index in [0.29, 0.717) is 35.7 Å². The Balaban J connectivity index is 0.000000261. The first kappa shape index (κ1) is 36.7. The van der Waals surface area contributed by atoms with E-state index >= 15 is 0 Å². The maximum atomic E-state index is 12.3. The van der Waals surface area contributed by atoms with Crippen LogP contribution in [0.5, 0.6) is 23.0 Å². The normalized spacial score (nSPS) is 11.0. The molecule has 4 aromatic carbocycles. The van der Waals surface area contributed by atoms with Crippen molar-refractivity contribution in [3.05, 3.63) is 130 Å². The van der Waals surface area contributed by atoms with Crippen LogP contribution in [0.4, 0.5) is 11.4 Å². The molecule has 0 aliphatic rings. The predicted octanol–water partition coefficient (Wildman–Crippen LogP) is 8.49. The number of phenols is 2. The molecule has 0 saturated heterocycles. The Morgan fingerprint density at radius 3 is 1.71 bits per heavy atom. The van der Waals surface area contributed by atoms with Crippen molar-refractivity contribution in [3.8, 4) is 23.0 Å². The van der Waals surface area contributed by atoms with Gasteiger partial charge < -0.3 is 30.3 Å². The lowest BCUT2D eigenvalue weighted by Gasteiger charge is -2.09. The van der Waals surface area contributed by atoms with E-state index in [2.05, 4.69) is 10.6 Å². The Kier molecular flexibility index (Phi) is 14.1. The van der Waals surface area contributed by atoms with Crippen molar-refractivity contribution in [1.82, 2.24) is 0 Å². The first-order valence-corrected chi connectivity index (χ1v) is 15.6. The van der Waals surface area contributed by atoms with E-state index in [1.807, 2.05) is 70.4 Å². The molecule has 0 aliphatic heterocycles. The van der Waals surface area contributed by atoms with Crippen LogP contribution < -0.4 is 20.1 Å². The third kappa shape index (κ3) is 10.4. The largest absolute Gasteiger partial charge is 0.508 e. The Morgan fingerprint density at radius 2 is 1.25 bits per heavy atom. The quantitative estimate of drug-likeness (QED) is 0.0648. The SMILES string of the molecule is C/C=C/Cc1cc(/C=C/C(=O)c2ccc(NC)cc2)c(OC)cc1O.CCOc1cc(O)c(C)cc1/C=C/C(=O)c1ccc(NC)cc1. The molecule has 8 heteroatoms. The van der Waals surface area contributed by atoms with Crippen LogP contribution in [0.25, 0.3) is 12.2 Å². The highest BCUT2D eigenvalue weighted by Crippen LogP contribution is 2.31. The van der Waals surface area contributed by atoms with E-state index in [1.165, 1.54) is 19.3 Å². The minimum Gasteiger partial charge on any atom is -0.508 e. The molecule has 0 atom stereocenters. The highest BCUT2D eigenvalue weighted by Gasteiger charge is 2.10. The standard InChI is InChI=1S/C21H23NO3.C19H21NO3/c1-4-5-6-16-13-17(21(25-3)14-20(16)24)9-12-19(23)15-7-10-18(22-2)11-8-15;1-4-23-19-12-18(22)13(2)11-15(19)7-10-17(21)14-5-8-16(20-3)9-6-14/h4-5,7-14,22,24H,6H2,1-3H3;5-12,20,22H,4H2,1-3H3/b5-4+,12-9+;10-7+. The van der Waals surface area contributed by atoms with Crippen molar-refractivity contribution in [1.29, 1.82) is 0 Å². The number of aryl methyl sites for hydroxylation is 1. The summed E-state index contributed by atoms with van der Waals surface area (Å²) in [6.07, 6.45) is 11.0. The predicted molar refractivity (Wildman–Crippen MR) is 196 cm³/mol. The van der Waals surface area contributed by atoms with E-state index in [9.17, 15) is 19.8 Å². The van der Waals surface area contributed by atoms with Crippen LogP contribution in [0.15, 0.2) is 97.1 Å². The summed E-state index contributed by atoms with van der Waals surface area (Å²) in [4.78, 5) is 24.6. The summed E-state index contributed by atoms with van der Waals surface area (Å²) in [6.45, 7) is 6.10. The zero-order chi connectivity index (χ0) is 35.1. The molecule has 0 radical (unpaired) electrons. The highest BCUT2D eigenvalue weighted by molar-refractivity contribution is 6.07. The van der Waals surface area contributed by atoms with Gasteiger partial charge >= 0.3 is 0 Å². The molecule has 250 valence electrons. The molecule has 4 rings (SSSR count). The Bertz CT molecular complexity index is 1770. The average Bonchev–Trinajstić information content (AvgIpc) is 3.11. The van der Waals surface area contributed by atoms with Gasteiger partial charge in [-0.3, -0.25) is 9.59 Å². The van der Waals surface area contributed by atoms with Gasteiger partial charge in [0.2, 0.25) is 0 Å². The number of anilines is 2. The van der Waals surface area contributed by atoms with Crippen LogP contribution in [0.3, 0.4) is 0 Å². The van der Waals surface area contributed by atoms with E-state index in [1.54, 1.807) is 61.5 Å². The van der Waals surface area contributed by atoms with Crippen LogP contribution >= 0.6 is 0 Å². The van der Waals surface area contributed by atoms with Gasteiger partial charge in [-0.1, -0.05) is 12.2 Å². The lowest BCUT2D eigenvalue weighted by atomic mass is 10.0. The lowest BCUT2D eigenvalue weighted by molar-refractivity contribution is 0.103. The van der Waals surface area contributed by atoms with Crippen molar-refractivity contribution in [2.24, 2.45) is 0 Å². The minimum absolute atomic E-state index is 0.0826. The molecule has 0 bridgehead atoms. The fraction of sp³-hybridized carbons (Fsp3) is 0.200. The monoisotopic (exact) mass is 648 g/mol. The van der Waals surface area contributed by atoms with Gasteiger partial charge in [-0.25, -0.2) is 0 Å². The topological polar surface area (TPSA) is 117 Å². The van der Waals surface area contributed by atoms with Crippen molar-refractivity contribution in [3.63, 3.8) is 0 Å². The number of hydrogen-bond acceptors (Lipinski definition) is 8. The number of phenolic OH excluding ortho intramolecular Hbond substituents is 2. The number of ether oxygens (including phenoxy) is 2. The smallest absolute Gasteiger partial charge is 0.185 e. The van der Waals surface area contributed by atoms with Gasteiger partial charge in [-0.15, -0.1) is 0 Å². The van der Waals surface area contributed by atoms with Gasteiger partial charge in [0.15, 0.2) is 11.6 Å². The number of allylic oxidation sites excluding steroid dienone is 4. The second kappa shape index (κ2) is 18.4. The number of carbonyl (C=O) groups excluding carboxylic acids is 2. The number of hydrogen-bond donors (Lipinski definition) is 4. The second-order valence-corrected chi connectivity index (χ2v) is 10.7. The van der Waals surface area contributed by atoms with Crippen LogP contribution in [0.2, 0.25) is 0 Å². The van der Waals surface area contributed by atoms with Gasteiger partial charge in [0.1, 0.15) is 23.0 Å². The summed E-state index contributed by atoms with van der Waals surface area (Å²) in [7, 11) is 5.20. The molecule has 0 saturated carbocycles. The zero-order valence-corrected chi connectivity index (χ0v) is 28.3. The molecule has 0 aromatic heterocycles. The van der Waals surface area contributed by atoms with E-state index in [4.69, 9.17) is 9.47 Å². The maximum absolute atomic E-state index is 12.3. The van der Waals surface area contributed by atoms with Crippen molar-refractivity contribution in [2.75, 3.05) is 38.4 Å². The third-order valence-electron chi connectivity index (χ3n) is 7.38. The molecule has 48 heavy (non-hydrogen) atoms. The molecule has 8 nitrogen and oxygen atoms in total. The highest BCUT2D eigenvalue weighted by atomic mass is 16.5. The van der Waals surface area contributed by atoms with Gasteiger partial charge in [0, 0.05) is 59.9 Å². The molecule has 4 N–H and O–H groups in total. The molecule has 0 aliphatic carbocycles. The fourth-order valence-corrected chi connectivity index (χ4v) is 4.58. The number of benzene rings is 4. The van der Waals surface area contributed by atoms with Gasteiger partial charge in [0.05, 0.1) is 13.7 Å². The lowest BCUT2D eigenvalue weighted by Crippen LogP contribution is -1.97. The number of ketones is 2. The number of nitrogens with one attached hydrogen (secondary N) is 2. The first-order valence-electron chi connectivity index (χ1n) is 15.6. The van der Waals surface area contributed by atoms with E-state index < -0.39 is 0 Å². The van der Waals surface area contributed by atoms with Crippen molar-refractivity contribution >= 4 is 35.1 Å². The molecular weight excluding hydrogens is 604 g/mol. The van der Waals surface area contributed by atoms with Crippen molar-refractivity contribution in [2.45, 2.75) is 27.2 Å². The Hall–Kier alpha value is -5.76.